The molecule has 1 rings (SSSR count). The van der Waals surface area contributed by atoms with Crippen molar-refractivity contribution in [1.29, 1.82) is 0 Å². The van der Waals surface area contributed by atoms with Crippen LogP contribution in [0.5, 0.6) is 5.75 Å². The lowest BCUT2D eigenvalue weighted by atomic mass is 10.1. The van der Waals surface area contributed by atoms with Gasteiger partial charge in [-0.05, 0) is 11.6 Å². The molecule has 0 radical (unpaired) electrons. The van der Waals surface area contributed by atoms with Crippen molar-refractivity contribution in [3.8, 4) is 5.75 Å². The second-order valence-electron chi connectivity index (χ2n) is 3.14. The summed E-state index contributed by atoms with van der Waals surface area (Å²) in [5.74, 6) is -0.900. The van der Waals surface area contributed by atoms with Crippen LogP contribution >= 0.6 is 23.2 Å². The highest BCUT2D eigenvalue weighted by atomic mass is 35.5. The Bertz CT molecular complexity index is 406. The fourth-order valence-electron chi connectivity index (χ4n) is 1.18. The average Bonchev–Trinajstić information content (AvgIpc) is 2.22. The number of hydrogen-bond acceptors (Lipinski definition) is 3. The molecule has 4 nitrogen and oxygen atoms in total. The number of benzene rings is 1. The average molecular weight is 265 g/mol. The lowest BCUT2D eigenvalue weighted by molar-refractivity contribution is -0.146. The maximum Gasteiger partial charge on any atom is 0.332 e. The van der Waals surface area contributed by atoms with Crippen LogP contribution in [-0.4, -0.2) is 29.4 Å². The van der Waals surface area contributed by atoms with Gasteiger partial charge in [-0.1, -0.05) is 23.2 Å². The van der Waals surface area contributed by atoms with E-state index in [0.29, 0.717) is 21.4 Å². The number of ether oxygens (including phenoxy) is 1. The number of carbonyl (C=O) groups is 1. The molecule has 0 fully saturated rings. The molecule has 6 heteroatoms. The maximum absolute atomic E-state index is 10.5. The number of methoxy groups -OCH3 is 1. The first kappa shape index (κ1) is 13.1. The normalized spacial score (nSPS) is 12.2. The summed E-state index contributed by atoms with van der Waals surface area (Å²) < 4.78 is 4.94. The molecule has 0 spiro atoms. The van der Waals surface area contributed by atoms with Gasteiger partial charge in [0, 0.05) is 17.5 Å². The fraction of sp³-hybridized carbons (Fsp3) is 0.300. The molecule has 0 aliphatic heterocycles. The van der Waals surface area contributed by atoms with Crippen LogP contribution in [0, 0.1) is 0 Å². The minimum absolute atomic E-state index is 0.0993. The van der Waals surface area contributed by atoms with Gasteiger partial charge in [-0.15, -0.1) is 0 Å². The van der Waals surface area contributed by atoms with Crippen molar-refractivity contribution in [3.05, 3.63) is 27.7 Å². The van der Waals surface area contributed by atoms with Gasteiger partial charge in [0.05, 0.1) is 12.1 Å². The van der Waals surface area contributed by atoms with Gasteiger partial charge in [0.1, 0.15) is 5.75 Å². The molecule has 0 saturated carbocycles. The summed E-state index contributed by atoms with van der Waals surface area (Å²) in [6.07, 6.45) is -1.60. The van der Waals surface area contributed by atoms with Crippen molar-refractivity contribution in [1.82, 2.24) is 0 Å². The van der Waals surface area contributed by atoms with E-state index >= 15 is 0 Å². The highest BCUT2D eigenvalue weighted by Gasteiger charge is 2.17. The first-order chi connectivity index (χ1) is 7.45. The number of halogens is 2. The molecule has 0 aliphatic carbocycles. The molecule has 0 amide bonds. The molecule has 88 valence electrons. The summed E-state index contributed by atoms with van der Waals surface area (Å²) in [5, 5.41) is 18.4. The van der Waals surface area contributed by atoms with Gasteiger partial charge in [-0.25, -0.2) is 4.79 Å². The summed E-state index contributed by atoms with van der Waals surface area (Å²) in [6, 6.07) is 2.96. The number of rotatable bonds is 4. The third-order valence-electron chi connectivity index (χ3n) is 2.02. The zero-order valence-electron chi connectivity index (χ0n) is 8.41. The molecule has 0 aromatic heterocycles. The number of aliphatic hydroxyl groups is 1. The minimum atomic E-state index is -1.50. The lowest BCUT2D eigenvalue weighted by Crippen LogP contribution is -2.22. The Labute approximate surface area is 102 Å². The van der Waals surface area contributed by atoms with Crippen molar-refractivity contribution in [2.24, 2.45) is 0 Å². The highest BCUT2D eigenvalue weighted by molar-refractivity contribution is 6.34. The highest BCUT2D eigenvalue weighted by Crippen LogP contribution is 2.31. The van der Waals surface area contributed by atoms with Crippen molar-refractivity contribution in [3.63, 3.8) is 0 Å². The Morgan fingerprint density at radius 3 is 2.56 bits per heavy atom. The minimum Gasteiger partial charge on any atom is -0.495 e. The molecule has 1 aromatic carbocycles. The van der Waals surface area contributed by atoms with Crippen LogP contribution in [-0.2, 0) is 11.2 Å². The van der Waals surface area contributed by atoms with E-state index in [2.05, 4.69) is 0 Å². The summed E-state index contributed by atoms with van der Waals surface area (Å²) in [4.78, 5) is 10.5. The Morgan fingerprint density at radius 1 is 1.44 bits per heavy atom. The van der Waals surface area contributed by atoms with Gasteiger partial charge in [-0.2, -0.15) is 0 Å². The summed E-state index contributed by atoms with van der Waals surface area (Å²) in [6.45, 7) is 0. The largest absolute Gasteiger partial charge is 0.495 e. The smallest absolute Gasteiger partial charge is 0.332 e. The van der Waals surface area contributed by atoms with Gasteiger partial charge in [0.15, 0.2) is 6.10 Å². The molecule has 1 aromatic rings. The summed E-state index contributed by atoms with van der Waals surface area (Å²) >= 11 is 11.7. The zero-order chi connectivity index (χ0) is 12.3. The van der Waals surface area contributed by atoms with E-state index in [-0.39, 0.29) is 6.42 Å². The molecule has 0 saturated heterocycles. The Hall–Kier alpha value is -0.970. The number of carboxylic acid groups (broad SMARTS) is 1. The Balaban J connectivity index is 2.98. The quantitative estimate of drug-likeness (QED) is 0.873. The van der Waals surface area contributed by atoms with Crippen LogP contribution < -0.4 is 4.74 Å². The predicted molar refractivity (Wildman–Crippen MR) is 60.4 cm³/mol. The van der Waals surface area contributed by atoms with E-state index in [1.807, 2.05) is 0 Å². The van der Waals surface area contributed by atoms with Gasteiger partial charge < -0.3 is 14.9 Å². The van der Waals surface area contributed by atoms with Crippen molar-refractivity contribution in [2.45, 2.75) is 12.5 Å². The van der Waals surface area contributed by atoms with Gasteiger partial charge in [-0.3, -0.25) is 0 Å². The molecule has 1 atom stereocenters. The van der Waals surface area contributed by atoms with E-state index in [1.54, 1.807) is 0 Å². The van der Waals surface area contributed by atoms with Gasteiger partial charge in [0.2, 0.25) is 0 Å². The van der Waals surface area contributed by atoms with E-state index in [4.69, 9.17) is 33.0 Å². The molecular formula is C10H10Cl2O4. The van der Waals surface area contributed by atoms with Crippen LogP contribution in [0.15, 0.2) is 12.1 Å². The van der Waals surface area contributed by atoms with Crippen molar-refractivity contribution >= 4 is 29.2 Å². The van der Waals surface area contributed by atoms with Crippen molar-refractivity contribution < 1.29 is 19.7 Å². The first-order valence-corrected chi connectivity index (χ1v) is 5.14. The molecule has 0 aliphatic rings. The number of aliphatic hydroxyl groups excluding tert-OH is 1. The monoisotopic (exact) mass is 264 g/mol. The van der Waals surface area contributed by atoms with Crippen LogP contribution in [0.1, 0.15) is 5.56 Å². The molecule has 0 bridgehead atoms. The maximum atomic E-state index is 10.5. The standard InChI is InChI=1S/C10H10Cl2O4/c1-16-9-4-6(11)5(2-7(9)12)3-8(13)10(14)15/h2,4,8,13H,3H2,1H3,(H,14,15). The zero-order valence-corrected chi connectivity index (χ0v) is 9.92. The second kappa shape index (κ2) is 5.39. The summed E-state index contributed by atoms with van der Waals surface area (Å²) in [7, 11) is 1.45. The third-order valence-corrected chi connectivity index (χ3v) is 2.67. The van der Waals surface area contributed by atoms with E-state index < -0.39 is 12.1 Å². The molecule has 2 N–H and O–H groups in total. The lowest BCUT2D eigenvalue weighted by Gasteiger charge is -2.10. The summed E-state index contributed by atoms with van der Waals surface area (Å²) in [5.41, 5.74) is 0.461. The third kappa shape index (κ3) is 3.01. The molecule has 1 unspecified atom stereocenters. The van der Waals surface area contributed by atoms with E-state index in [9.17, 15) is 9.90 Å². The van der Waals surface area contributed by atoms with Crippen LogP contribution in [0.4, 0.5) is 0 Å². The molecular weight excluding hydrogens is 255 g/mol. The van der Waals surface area contributed by atoms with E-state index in [1.165, 1.54) is 19.2 Å². The van der Waals surface area contributed by atoms with Crippen LogP contribution in [0.25, 0.3) is 0 Å². The Kier molecular flexibility index (Phi) is 4.41. The topological polar surface area (TPSA) is 66.8 Å². The fourth-order valence-corrected chi connectivity index (χ4v) is 1.67. The number of hydrogen-bond donors (Lipinski definition) is 2. The second-order valence-corrected chi connectivity index (χ2v) is 3.95. The predicted octanol–water partition coefficient (Wildman–Crippen LogP) is 1.99. The van der Waals surface area contributed by atoms with Crippen LogP contribution in [0.2, 0.25) is 10.0 Å². The van der Waals surface area contributed by atoms with Gasteiger partial charge in [0.25, 0.3) is 0 Å². The number of carboxylic acids is 1. The Morgan fingerprint density at radius 2 is 2.06 bits per heavy atom. The SMILES string of the molecule is COc1cc(Cl)c(CC(O)C(=O)O)cc1Cl. The van der Waals surface area contributed by atoms with Gasteiger partial charge >= 0.3 is 5.97 Å². The first-order valence-electron chi connectivity index (χ1n) is 4.38. The number of aliphatic carboxylic acids is 1. The van der Waals surface area contributed by atoms with Crippen LogP contribution in [0.3, 0.4) is 0 Å². The van der Waals surface area contributed by atoms with Crippen molar-refractivity contribution in [2.75, 3.05) is 7.11 Å². The van der Waals surface area contributed by atoms with E-state index in [0.717, 1.165) is 0 Å². The molecule has 16 heavy (non-hydrogen) atoms. The molecule has 0 heterocycles.